The summed E-state index contributed by atoms with van der Waals surface area (Å²) in [6.07, 6.45) is 4.19. The number of rotatable bonds is 3. The minimum absolute atomic E-state index is 0.278. The van der Waals surface area contributed by atoms with Crippen LogP contribution in [0.4, 0.5) is 0 Å². The van der Waals surface area contributed by atoms with E-state index in [1.807, 2.05) is 18.2 Å². The Bertz CT molecular complexity index is 460. The third kappa shape index (κ3) is 2.89. The lowest BCUT2D eigenvalue weighted by Crippen LogP contribution is -1.99. The number of nitrogens with zero attached hydrogens (tertiary/aromatic N) is 2. The summed E-state index contributed by atoms with van der Waals surface area (Å²) in [4.78, 5) is 8.49. The van der Waals surface area contributed by atoms with Gasteiger partial charge in [0.2, 0.25) is 0 Å². The molecule has 0 amide bonds. The molecule has 16 heavy (non-hydrogen) atoms. The maximum Gasteiger partial charge on any atom is 0.115 e. The molecule has 2 rings (SSSR count). The molecule has 1 aromatic carbocycles. The fourth-order valence-electron chi connectivity index (χ4n) is 1.44. The van der Waals surface area contributed by atoms with Gasteiger partial charge in [-0.1, -0.05) is 46.3 Å². The van der Waals surface area contributed by atoms with Crippen molar-refractivity contribution in [3.63, 3.8) is 0 Å². The highest BCUT2D eigenvalue weighted by molar-refractivity contribution is 9.10. The van der Waals surface area contributed by atoms with E-state index in [0.29, 0.717) is 0 Å². The molecule has 0 aliphatic carbocycles. The molecule has 0 saturated heterocycles. The molecule has 0 fully saturated rings. The third-order valence-corrected chi connectivity index (χ3v) is 3.79. The maximum atomic E-state index is 4.26. The van der Waals surface area contributed by atoms with Crippen LogP contribution in [0.2, 0.25) is 0 Å². The molecule has 0 aliphatic rings. The van der Waals surface area contributed by atoms with Gasteiger partial charge in [-0.05, 0) is 21.5 Å². The van der Waals surface area contributed by atoms with E-state index in [-0.39, 0.29) is 4.83 Å². The smallest absolute Gasteiger partial charge is 0.115 e. The monoisotopic (exact) mass is 340 g/mol. The number of halogens is 2. The standard InChI is InChI=1S/C12H10Br2N2/c13-10(9-4-2-1-3-5-9)6-12-11(14)7-15-8-16-12/h1-5,7-8,10H,6H2. The van der Waals surface area contributed by atoms with E-state index in [1.165, 1.54) is 5.56 Å². The minimum atomic E-state index is 0.278. The van der Waals surface area contributed by atoms with Crippen molar-refractivity contribution in [3.8, 4) is 0 Å². The minimum Gasteiger partial charge on any atom is -0.244 e. The average molecular weight is 342 g/mol. The predicted molar refractivity (Wildman–Crippen MR) is 71.5 cm³/mol. The zero-order valence-corrected chi connectivity index (χ0v) is 11.6. The second kappa shape index (κ2) is 5.55. The highest BCUT2D eigenvalue weighted by Gasteiger charge is 2.10. The van der Waals surface area contributed by atoms with Gasteiger partial charge >= 0.3 is 0 Å². The Morgan fingerprint density at radius 2 is 1.94 bits per heavy atom. The summed E-state index contributed by atoms with van der Waals surface area (Å²) in [6.45, 7) is 0. The van der Waals surface area contributed by atoms with E-state index in [4.69, 9.17) is 0 Å². The summed E-state index contributed by atoms with van der Waals surface area (Å²) in [7, 11) is 0. The third-order valence-electron chi connectivity index (χ3n) is 2.28. The van der Waals surface area contributed by atoms with Crippen LogP contribution in [0.3, 0.4) is 0 Å². The number of hydrogen-bond acceptors (Lipinski definition) is 2. The molecule has 1 heterocycles. The lowest BCUT2D eigenvalue weighted by atomic mass is 10.1. The molecule has 1 aromatic heterocycles. The van der Waals surface area contributed by atoms with E-state index >= 15 is 0 Å². The van der Waals surface area contributed by atoms with Gasteiger partial charge in [0.05, 0.1) is 10.2 Å². The molecule has 0 N–H and O–H groups in total. The van der Waals surface area contributed by atoms with Gasteiger partial charge in [0.25, 0.3) is 0 Å². The van der Waals surface area contributed by atoms with Crippen LogP contribution in [0.25, 0.3) is 0 Å². The first-order valence-corrected chi connectivity index (χ1v) is 6.61. The van der Waals surface area contributed by atoms with Crippen LogP contribution in [0, 0.1) is 0 Å². The number of hydrogen-bond donors (Lipinski definition) is 0. The van der Waals surface area contributed by atoms with Crippen molar-refractivity contribution in [2.24, 2.45) is 0 Å². The largest absolute Gasteiger partial charge is 0.244 e. The quantitative estimate of drug-likeness (QED) is 0.791. The number of alkyl halides is 1. The molecule has 0 bridgehead atoms. The normalized spacial score (nSPS) is 12.4. The van der Waals surface area contributed by atoms with Crippen LogP contribution in [0.1, 0.15) is 16.1 Å². The molecular weight excluding hydrogens is 332 g/mol. The Morgan fingerprint density at radius 1 is 1.19 bits per heavy atom. The lowest BCUT2D eigenvalue weighted by Gasteiger charge is -2.10. The highest BCUT2D eigenvalue weighted by atomic mass is 79.9. The van der Waals surface area contributed by atoms with Crippen LogP contribution in [0.5, 0.6) is 0 Å². The summed E-state index contributed by atoms with van der Waals surface area (Å²) in [6, 6.07) is 10.3. The first-order chi connectivity index (χ1) is 7.77. The molecule has 4 heteroatoms. The van der Waals surface area contributed by atoms with Crippen LogP contribution in [0.15, 0.2) is 47.3 Å². The van der Waals surface area contributed by atoms with Crippen molar-refractivity contribution < 1.29 is 0 Å². The Morgan fingerprint density at radius 3 is 2.62 bits per heavy atom. The molecule has 82 valence electrons. The van der Waals surface area contributed by atoms with E-state index < -0.39 is 0 Å². The van der Waals surface area contributed by atoms with Gasteiger partial charge in [-0.2, -0.15) is 0 Å². The van der Waals surface area contributed by atoms with Gasteiger partial charge in [0.1, 0.15) is 6.33 Å². The van der Waals surface area contributed by atoms with Crippen molar-refractivity contribution in [2.45, 2.75) is 11.2 Å². The Balaban J connectivity index is 2.14. The molecule has 0 spiro atoms. The highest BCUT2D eigenvalue weighted by Crippen LogP contribution is 2.28. The predicted octanol–water partition coefficient (Wildman–Crippen LogP) is 3.92. The zero-order chi connectivity index (χ0) is 11.4. The zero-order valence-electron chi connectivity index (χ0n) is 8.48. The summed E-state index contributed by atoms with van der Waals surface area (Å²) < 4.78 is 0.954. The molecular formula is C12H10Br2N2. The van der Waals surface area contributed by atoms with E-state index in [9.17, 15) is 0 Å². The number of aromatic nitrogens is 2. The molecule has 1 atom stereocenters. The Labute approximate surface area is 111 Å². The topological polar surface area (TPSA) is 25.8 Å². The van der Waals surface area contributed by atoms with Crippen molar-refractivity contribution in [2.75, 3.05) is 0 Å². The van der Waals surface area contributed by atoms with E-state index in [0.717, 1.165) is 16.6 Å². The Hall–Kier alpha value is -0.740. The molecule has 1 unspecified atom stereocenters. The lowest BCUT2D eigenvalue weighted by molar-refractivity contribution is 0.884. The van der Waals surface area contributed by atoms with Gasteiger partial charge in [-0.25, -0.2) is 9.97 Å². The fraction of sp³-hybridized carbons (Fsp3) is 0.167. The van der Waals surface area contributed by atoms with Gasteiger partial charge in [-0.15, -0.1) is 0 Å². The second-order valence-corrected chi connectivity index (χ2v) is 5.36. The fourth-order valence-corrected chi connectivity index (χ4v) is 2.43. The van der Waals surface area contributed by atoms with E-state index in [1.54, 1.807) is 12.5 Å². The molecule has 2 nitrogen and oxygen atoms in total. The van der Waals surface area contributed by atoms with Gasteiger partial charge in [0, 0.05) is 17.4 Å². The molecule has 0 aliphatic heterocycles. The first-order valence-electron chi connectivity index (χ1n) is 4.91. The van der Waals surface area contributed by atoms with Gasteiger partial charge < -0.3 is 0 Å². The first kappa shape index (κ1) is 11.7. The Kier molecular flexibility index (Phi) is 4.07. The van der Waals surface area contributed by atoms with E-state index in [2.05, 4.69) is 54.0 Å². The summed E-state index contributed by atoms with van der Waals surface area (Å²) in [5.74, 6) is 0. The summed E-state index contributed by atoms with van der Waals surface area (Å²) in [5.41, 5.74) is 2.27. The SMILES string of the molecule is Brc1cncnc1CC(Br)c1ccccc1. The summed E-state index contributed by atoms with van der Waals surface area (Å²) >= 11 is 7.13. The van der Waals surface area contributed by atoms with Crippen LogP contribution >= 0.6 is 31.9 Å². The molecule has 2 aromatic rings. The maximum absolute atomic E-state index is 4.26. The molecule has 0 radical (unpaired) electrons. The molecule has 0 saturated carbocycles. The van der Waals surface area contributed by atoms with Crippen molar-refractivity contribution >= 4 is 31.9 Å². The van der Waals surface area contributed by atoms with Crippen LogP contribution < -0.4 is 0 Å². The summed E-state index contributed by atoms with van der Waals surface area (Å²) in [5, 5.41) is 0. The average Bonchev–Trinajstić information content (AvgIpc) is 2.33. The van der Waals surface area contributed by atoms with Crippen LogP contribution in [-0.4, -0.2) is 9.97 Å². The second-order valence-electron chi connectivity index (χ2n) is 3.40. The van der Waals surface area contributed by atoms with Crippen molar-refractivity contribution in [1.29, 1.82) is 0 Å². The van der Waals surface area contributed by atoms with Gasteiger partial charge in [0.15, 0.2) is 0 Å². The van der Waals surface area contributed by atoms with Crippen LogP contribution in [-0.2, 0) is 6.42 Å². The van der Waals surface area contributed by atoms with Crippen molar-refractivity contribution in [3.05, 3.63) is 58.6 Å². The number of benzene rings is 1. The van der Waals surface area contributed by atoms with Gasteiger partial charge in [-0.3, -0.25) is 0 Å². The van der Waals surface area contributed by atoms with Crippen molar-refractivity contribution in [1.82, 2.24) is 9.97 Å².